The van der Waals surface area contributed by atoms with E-state index < -0.39 is 11.6 Å². The average molecular weight is 577 g/mol. The molecule has 4 heteroatoms. The number of hydrogen-bond donors (Lipinski definition) is 0. The van der Waals surface area contributed by atoms with Gasteiger partial charge < -0.3 is 4.74 Å². The smallest absolute Gasteiger partial charge is 0.166 e. The molecule has 1 nitrogen and oxygen atoms in total. The molecule has 3 aromatic carbocycles. The van der Waals surface area contributed by atoms with Gasteiger partial charge in [-0.15, -0.1) is 0 Å². The van der Waals surface area contributed by atoms with Crippen molar-refractivity contribution in [3.8, 4) is 22.3 Å². The molecule has 226 valence electrons. The summed E-state index contributed by atoms with van der Waals surface area (Å²) < 4.78 is 51.2. The Morgan fingerprint density at radius 2 is 1.43 bits per heavy atom. The van der Waals surface area contributed by atoms with Crippen LogP contribution in [0.1, 0.15) is 108 Å². The van der Waals surface area contributed by atoms with Gasteiger partial charge in [0.05, 0.1) is 12.7 Å². The molecular weight excluding hydrogens is 529 g/mol. The van der Waals surface area contributed by atoms with E-state index in [2.05, 4.69) is 19.1 Å². The predicted molar refractivity (Wildman–Crippen MR) is 169 cm³/mol. The monoisotopic (exact) mass is 576 g/mol. The summed E-state index contributed by atoms with van der Waals surface area (Å²) in [6.45, 7) is 4.86. The Kier molecular flexibility index (Phi) is 12.8. The molecule has 0 saturated carbocycles. The maximum Gasteiger partial charge on any atom is 0.166 e. The van der Waals surface area contributed by atoms with Crippen molar-refractivity contribution >= 4 is 0 Å². The Morgan fingerprint density at radius 1 is 0.762 bits per heavy atom. The second kappa shape index (κ2) is 16.7. The van der Waals surface area contributed by atoms with E-state index in [1.54, 1.807) is 42.5 Å². The van der Waals surface area contributed by atoms with Gasteiger partial charge in [-0.3, -0.25) is 0 Å². The predicted octanol–water partition coefficient (Wildman–Crippen LogP) is 11.7. The van der Waals surface area contributed by atoms with Crippen molar-refractivity contribution in [2.24, 2.45) is 0 Å². The molecular formula is C38H47F3O. The Hall–Kier alpha value is -2.85. The van der Waals surface area contributed by atoms with Crippen LogP contribution in [0.25, 0.3) is 22.3 Å². The van der Waals surface area contributed by atoms with E-state index in [0.717, 1.165) is 50.5 Å². The van der Waals surface area contributed by atoms with Crippen molar-refractivity contribution in [1.29, 1.82) is 0 Å². The van der Waals surface area contributed by atoms with E-state index in [4.69, 9.17) is 4.74 Å². The van der Waals surface area contributed by atoms with Crippen molar-refractivity contribution in [1.82, 2.24) is 0 Å². The van der Waals surface area contributed by atoms with E-state index in [0.29, 0.717) is 35.3 Å². The molecule has 0 amide bonds. The number of halogens is 3. The first-order chi connectivity index (χ1) is 20.5. The Labute approximate surface area is 251 Å². The maximum atomic E-state index is 15.2. The highest BCUT2D eigenvalue weighted by Gasteiger charge is 2.23. The molecule has 0 N–H and O–H groups in total. The minimum absolute atomic E-state index is 0.199. The lowest BCUT2D eigenvalue weighted by Crippen LogP contribution is -2.24. The molecule has 3 aromatic rings. The number of aryl methyl sites for hydroxylation is 1. The molecule has 2 atom stereocenters. The molecule has 42 heavy (non-hydrogen) atoms. The van der Waals surface area contributed by atoms with Gasteiger partial charge in [-0.25, -0.2) is 13.2 Å². The molecule has 1 aliphatic heterocycles. The van der Waals surface area contributed by atoms with Crippen molar-refractivity contribution in [3.63, 3.8) is 0 Å². The number of rotatable bonds is 15. The molecule has 0 radical (unpaired) electrons. The molecule has 0 aliphatic carbocycles. The first kappa shape index (κ1) is 32.1. The first-order valence-electron chi connectivity index (χ1n) is 16.1. The van der Waals surface area contributed by atoms with Crippen LogP contribution >= 0.6 is 0 Å². The summed E-state index contributed by atoms with van der Waals surface area (Å²) >= 11 is 0. The lowest BCUT2D eigenvalue weighted by molar-refractivity contribution is -0.000225. The second-order valence-electron chi connectivity index (χ2n) is 11.8. The maximum absolute atomic E-state index is 15.2. The third-order valence-electron chi connectivity index (χ3n) is 8.69. The van der Waals surface area contributed by atoms with Gasteiger partial charge in [-0.05, 0) is 73.8 Å². The van der Waals surface area contributed by atoms with Gasteiger partial charge in [0.15, 0.2) is 11.6 Å². The topological polar surface area (TPSA) is 9.23 Å². The first-order valence-corrected chi connectivity index (χ1v) is 16.1. The minimum atomic E-state index is -0.811. The van der Waals surface area contributed by atoms with Crippen LogP contribution in [0, 0.1) is 17.5 Å². The molecule has 0 aromatic heterocycles. The number of hydrogen-bond acceptors (Lipinski definition) is 1. The number of ether oxygens (including phenoxy) is 1. The summed E-state index contributed by atoms with van der Waals surface area (Å²) in [7, 11) is 0. The highest BCUT2D eigenvalue weighted by Crippen LogP contribution is 2.34. The molecule has 2 unspecified atom stereocenters. The molecule has 0 spiro atoms. The van der Waals surface area contributed by atoms with Crippen molar-refractivity contribution < 1.29 is 17.9 Å². The van der Waals surface area contributed by atoms with Gasteiger partial charge in [-0.2, -0.15) is 0 Å². The van der Waals surface area contributed by atoms with Gasteiger partial charge in [0.2, 0.25) is 0 Å². The molecule has 0 bridgehead atoms. The molecule has 1 fully saturated rings. The lowest BCUT2D eigenvalue weighted by Gasteiger charge is -2.29. The standard InChI is InChI=1S/C38H47F3O/c1-3-5-7-8-9-10-11-13-14-30-21-25-35(38(41)37(30)40)29-18-16-28(17-19-29)34-24-22-31(26-36(34)39)32-20-23-33(42-27-32)15-12-6-4-2/h4,6,16-19,21-22,24-26,32-33H,3,5,7-15,20,23,27H2,1-2H3/b6-4+. The van der Waals surface area contributed by atoms with E-state index in [1.165, 1.54) is 32.1 Å². The summed E-state index contributed by atoms with van der Waals surface area (Å²) in [5.41, 5.74) is 3.42. The van der Waals surface area contributed by atoms with Crippen molar-refractivity contribution in [3.05, 3.63) is 95.3 Å². The lowest BCUT2D eigenvalue weighted by atomic mass is 9.89. The quantitative estimate of drug-likeness (QED) is 0.129. The number of benzene rings is 3. The van der Waals surface area contributed by atoms with Gasteiger partial charge in [0.25, 0.3) is 0 Å². The zero-order valence-corrected chi connectivity index (χ0v) is 25.4. The van der Waals surface area contributed by atoms with Crippen LogP contribution < -0.4 is 0 Å². The molecule has 1 heterocycles. The number of unbranched alkanes of at least 4 members (excludes halogenated alkanes) is 7. The zero-order valence-electron chi connectivity index (χ0n) is 25.4. The van der Waals surface area contributed by atoms with Crippen LogP contribution in [0.3, 0.4) is 0 Å². The van der Waals surface area contributed by atoms with Crippen LogP contribution in [0.15, 0.2) is 66.7 Å². The fraction of sp³-hybridized carbons (Fsp3) is 0.474. The van der Waals surface area contributed by atoms with E-state index in [-0.39, 0.29) is 23.4 Å². The van der Waals surface area contributed by atoms with E-state index in [9.17, 15) is 4.39 Å². The van der Waals surface area contributed by atoms with Crippen LogP contribution in [-0.4, -0.2) is 12.7 Å². The summed E-state index contributed by atoms with van der Waals surface area (Å²) in [4.78, 5) is 0. The Bertz CT molecular complexity index is 1270. The highest BCUT2D eigenvalue weighted by atomic mass is 19.2. The normalized spacial score (nSPS) is 17.3. The van der Waals surface area contributed by atoms with Gasteiger partial charge >= 0.3 is 0 Å². The molecule has 4 rings (SSSR count). The van der Waals surface area contributed by atoms with E-state index >= 15 is 8.78 Å². The average Bonchev–Trinajstić information content (AvgIpc) is 3.01. The van der Waals surface area contributed by atoms with Crippen LogP contribution in [0.2, 0.25) is 0 Å². The fourth-order valence-corrected chi connectivity index (χ4v) is 6.05. The van der Waals surface area contributed by atoms with Gasteiger partial charge in [-0.1, -0.05) is 113 Å². The Morgan fingerprint density at radius 3 is 2.07 bits per heavy atom. The van der Waals surface area contributed by atoms with Gasteiger partial charge in [0, 0.05) is 17.0 Å². The van der Waals surface area contributed by atoms with Crippen molar-refractivity contribution in [2.75, 3.05) is 6.61 Å². The summed E-state index contributed by atoms with van der Waals surface area (Å²) in [5, 5.41) is 0. The summed E-state index contributed by atoms with van der Waals surface area (Å²) in [6, 6.07) is 15.8. The summed E-state index contributed by atoms with van der Waals surface area (Å²) in [5.74, 6) is -1.64. The minimum Gasteiger partial charge on any atom is -0.378 e. The van der Waals surface area contributed by atoms with Gasteiger partial charge in [0.1, 0.15) is 5.82 Å². The Balaban J connectivity index is 1.33. The molecule has 1 saturated heterocycles. The van der Waals surface area contributed by atoms with Crippen LogP contribution in [0.5, 0.6) is 0 Å². The zero-order chi connectivity index (χ0) is 29.7. The number of allylic oxidation sites excluding steroid dienone is 2. The van der Waals surface area contributed by atoms with Crippen molar-refractivity contribution in [2.45, 2.75) is 109 Å². The third kappa shape index (κ3) is 8.83. The largest absolute Gasteiger partial charge is 0.378 e. The third-order valence-corrected chi connectivity index (χ3v) is 8.69. The molecule has 1 aliphatic rings. The summed E-state index contributed by atoms with van der Waals surface area (Å²) in [6.07, 6.45) is 18.5. The van der Waals surface area contributed by atoms with E-state index in [1.807, 2.05) is 19.1 Å². The second-order valence-corrected chi connectivity index (χ2v) is 11.8. The van der Waals surface area contributed by atoms with Crippen LogP contribution in [-0.2, 0) is 11.2 Å². The highest BCUT2D eigenvalue weighted by molar-refractivity contribution is 5.71. The SMILES string of the molecule is C/C=C/CCC1CCC(c2ccc(-c3ccc(-c4ccc(CCCCCCCCCC)c(F)c4F)cc3)c(F)c2)CO1. The van der Waals surface area contributed by atoms with Crippen LogP contribution in [0.4, 0.5) is 13.2 Å². The fourth-order valence-electron chi connectivity index (χ4n) is 6.05.